The van der Waals surface area contributed by atoms with Gasteiger partial charge < -0.3 is 10.1 Å². The number of nitrogens with one attached hydrogen (secondary N) is 1. The number of benzene rings is 1. The number of amides is 1. The molecule has 3 rings (SSSR count). The van der Waals surface area contributed by atoms with E-state index in [4.69, 9.17) is 4.74 Å². The van der Waals surface area contributed by atoms with Crippen LogP contribution in [0.2, 0.25) is 0 Å². The van der Waals surface area contributed by atoms with Crippen LogP contribution in [0.1, 0.15) is 36.0 Å². The zero-order valence-corrected chi connectivity index (χ0v) is 14.6. The molecule has 136 valence electrons. The summed E-state index contributed by atoms with van der Waals surface area (Å²) >= 11 is 0. The van der Waals surface area contributed by atoms with Crippen LogP contribution in [0.5, 0.6) is 0 Å². The fourth-order valence-electron chi connectivity index (χ4n) is 3.32. The summed E-state index contributed by atoms with van der Waals surface area (Å²) in [5, 5.41) is 2.97. The average Bonchev–Trinajstić information content (AvgIpc) is 2.67. The van der Waals surface area contributed by atoms with Crippen molar-refractivity contribution in [3.8, 4) is 11.3 Å². The Balaban J connectivity index is 1.64. The number of aromatic nitrogens is 1. The standard InChI is InChI=1S/C20H21FN2O3/c1-26-20(25)14-5-3-7-17(11-14)23-19(24)15-8-9-18(22-12-15)13-4-2-6-16(21)10-13/h2,4,6,8-10,12,14,17H,3,5,7,11H2,1H3,(H,23,24)/t14-,17+/m1/s1. The predicted molar refractivity (Wildman–Crippen MR) is 94.9 cm³/mol. The van der Waals surface area contributed by atoms with Gasteiger partial charge in [-0.15, -0.1) is 0 Å². The van der Waals surface area contributed by atoms with E-state index < -0.39 is 0 Å². The third-order valence-corrected chi connectivity index (χ3v) is 4.69. The van der Waals surface area contributed by atoms with Crippen molar-refractivity contribution in [2.24, 2.45) is 5.92 Å². The molecule has 0 saturated heterocycles. The van der Waals surface area contributed by atoms with Crippen molar-refractivity contribution in [3.63, 3.8) is 0 Å². The maximum atomic E-state index is 13.3. The van der Waals surface area contributed by atoms with Gasteiger partial charge in [0.05, 0.1) is 24.3 Å². The quantitative estimate of drug-likeness (QED) is 0.853. The average molecular weight is 356 g/mol. The van der Waals surface area contributed by atoms with E-state index in [2.05, 4.69) is 10.3 Å². The van der Waals surface area contributed by atoms with E-state index in [1.54, 1.807) is 24.3 Å². The van der Waals surface area contributed by atoms with E-state index in [-0.39, 0.29) is 29.7 Å². The molecule has 5 nitrogen and oxygen atoms in total. The van der Waals surface area contributed by atoms with Crippen molar-refractivity contribution in [3.05, 3.63) is 54.0 Å². The van der Waals surface area contributed by atoms with Crippen LogP contribution < -0.4 is 5.32 Å². The Morgan fingerprint density at radius 2 is 2.08 bits per heavy atom. The number of nitrogens with zero attached hydrogens (tertiary/aromatic N) is 1. The van der Waals surface area contributed by atoms with Gasteiger partial charge in [0.1, 0.15) is 5.82 Å². The van der Waals surface area contributed by atoms with Crippen LogP contribution in [0.25, 0.3) is 11.3 Å². The topological polar surface area (TPSA) is 68.3 Å². The van der Waals surface area contributed by atoms with Gasteiger partial charge in [0.25, 0.3) is 5.91 Å². The third-order valence-electron chi connectivity index (χ3n) is 4.69. The number of hydrogen-bond donors (Lipinski definition) is 1. The largest absolute Gasteiger partial charge is 0.469 e. The highest BCUT2D eigenvalue weighted by atomic mass is 19.1. The Bertz CT molecular complexity index is 792. The first-order chi connectivity index (χ1) is 12.6. The second-order valence-corrected chi connectivity index (χ2v) is 6.50. The van der Waals surface area contributed by atoms with Crippen LogP contribution in [0.15, 0.2) is 42.6 Å². The number of pyridine rings is 1. The SMILES string of the molecule is COC(=O)[C@@H]1CCC[C@H](NC(=O)c2ccc(-c3cccc(F)c3)nc2)C1. The lowest BCUT2D eigenvalue weighted by Gasteiger charge is -2.28. The lowest BCUT2D eigenvalue weighted by molar-refractivity contribution is -0.146. The molecule has 6 heteroatoms. The van der Waals surface area contributed by atoms with E-state index in [1.165, 1.54) is 25.4 Å². The number of halogens is 1. The van der Waals surface area contributed by atoms with E-state index in [0.717, 1.165) is 19.3 Å². The van der Waals surface area contributed by atoms with Gasteiger partial charge in [-0.3, -0.25) is 14.6 Å². The fourth-order valence-corrected chi connectivity index (χ4v) is 3.32. The number of hydrogen-bond acceptors (Lipinski definition) is 4. The number of rotatable bonds is 4. The second kappa shape index (κ2) is 8.08. The molecule has 1 aliphatic rings. The summed E-state index contributed by atoms with van der Waals surface area (Å²) < 4.78 is 18.1. The van der Waals surface area contributed by atoms with E-state index in [0.29, 0.717) is 23.2 Å². The van der Waals surface area contributed by atoms with Crippen LogP contribution in [0.4, 0.5) is 4.39 Å². The molecule has 2 atom stereocenters. The molecule has 1 aromatic heterocycles. The van der Waals surface area contributed by atoms with Gasteiger partial charge >= 0.3 is 5.97 Å². The van der Waals surface area contributed by atoms with Crippen molar-refractivity contribution in [2.45, 2.75) is 31.7 Å². The van der Waals surface area contributed by atoms with Crippen LogP contribution in [-0.4, -0.2) is 30.0 Å². The molecule has 2 aromatic rings. The molecule has 0 aliphatic heterocycles. The summed E-state index contributed by atoms with van der Waals surface area (Å²) in [5.41, 5.74) is 1.69. The highest BCUT2D eigenvalue weighted by Gasteiger charge is 2.28. The number of carbonyl (C=O) groups is 2. The zero-order chi connectivity index (χ0) is 18.5. The predicted octanol–water partition coefficient (Wildman–Crippen LogP) is 3.35. The number of methoxy groups -OCH3 is 1. The van der Waals surface area contributed by atoms with Crippen LogP contribution in [0, 0.1) is 11.7 Å². The van der Waals surface area contributed by atoms with E-state index in [1.807, 2.05) is 0 Å². The number of esters is 1. The molecule has 1 heterocycles. The highest BCUT2D eigenvalue weighted by molar-refractivity contribution is 5.94. The summed E-state index contributed by atoms with van der Waals surface area (Å²) in [6.45, 7) is 0. The second-order valence-electron chi connectivity index (χ2n) is 6.50. The van der Waals surface area contributed by atoms with Crippen LogP contribution in [-0.2, 0) is 9.53 Å². The van der Waals surface area contributed by atoms with Gasteiger partial charge in [-0.25, -0.2) is 4.39 Å². The minimum Gasteiger partial charge on any atom is -0.469 e. The molecule has 1 fully saturated rings. The van der Waals surface area contributed by atoms with Crippen molar-refractivity contribution in [1.82, 2.24) is 10.3 Å². The van der Waals surface area contributed by atoms with Gasteiger partial charge in [0.2, 0.25) is 0 Å². The maximum absolute atomic E-state index is 13.3. The first-order valence-electron chi connectivity index (χ1n) is 8.67. The normalized spacial score (nSPS) is 19.6. The summed E-state index contributed by atoms with van der Waals surface area (Å²) in [5.74, 6) is -0.931. The van der Waals surface area contributed by atoms with Crippen molar-refractivity contribution >= 4 is 11.9 Å². The molecule has 26 heavy (non-hydrogen) atoms. The molecular formula is C20H21FN2O3. The Kier molecular flexibility index (Phi) is 5.61. The van der Waals surface area contributed by atoms with E-state index in [9.17, 15) is 14.0 Å². The van der Waals surface area contributed by atoms with Gasteiger partial charge in [-0.2, -0.15) is 0 Å². The third kappa shape index (κ3) is 4.25. The summed E-state index contributed by atoms with van der Waals surface area (Å²) in [6.07, 6.45) is 4.59. The monoisotopic (exact) mass is 356 g/mol. The molecule has 0 radical (unpaired) electrons. The minimum atomic E-state index is -0.330. The minimum absolute atomic E-state index is 0.0526. The van der Waals surface area contributed by atoms with Gasteiger partial charge in [0, 0.05) is 17.8 Å². The molecule has 0 spiro atoms. The molecule has 0 bridgehead atoms. The Labute approximate surface area is 151 Å². The Hall–Kier alpha value is -2.76. The van der Waals surface area contributed by atoms with Gasteiger partial charge in [-0.05, 0) is 43.5 Å². The molecule has 1 aromatic carbocycles. The molecule has 1 N–H and O–H groups in total. The summed E-state index contributed by atoms with van der Waals surface area (Å²) in [6, 6.07) is 9.47. The van der Waals surface area contributed by atoms with Crippen LogP contribution >= 0.6 is 0 Å². The van der Waals surface area contributed by atoms with Crippen LogP contribution in [0.3, 0.4) is 0 Å². The Morgan fingerprint density at radius 1 is 1.23 bits per heavy atom. The highest BCUT2D eigenvalue weighted by Crippen LogP contribution is 2.25. The first kappa shape index (κ1) is 18.0. The fraction of sp³-hybridized carbons (Fsp3) is 0.350. The molecule has 1 saturated carbocycles. The van der Waals surface area contributed by atoms with Gasteiger partial charge in [0.15, 0.2) is 0 Å². The summed E-state index contributed by atoms with van der Waals surface area (Å²) in [4.78, 5) is 28.4. The molecule has 1 amide bonds. The maximum Gasteiger partial charge on any atom is 0.308 e. The smallest absolute Gasteiger partial charge is 0.308 e. The lowest BCUT2D eigenvalue weighted by Crippen LogP contribution is -2.40. The van der Waals surface area contributed by atoms with Crippen molar-refractivity contribution in [2.75, 3.05) is 7.11 Å². The number of carbonyl (C=O) groups excluding carboxylic acids is 2. The number of ether oxygens (including phenoxy) is 1. The lowest BCUT2D eigenvalue weighted by atomic mass is 9.85. The molecule has 1 aliphatic carbocycles. The van der Waals surface area contributed by atoms with E-state index >= 15 is 0 Å². The Morgan fingerprint density at radius 3 is 2.77 bits per heavy atom. The van der Waals surface area contributed by atoms with Crippen molar-refractivity contribution in [1.29, 1.82) is 0 Å². The zero-order valence-electron chi connectivity index (χ0n) is 14.6. The molecule has 0 unspecified atom stereocenters. The molecular weight excluding hydrogens is 335 g/mol. The first-order valence-corrected chi connectivity index (χ1v) is 8.67. The van der Waals surface area contributed by atoms with Crippen molar-refractivity contribution < 1.29 is 18.7 Å². The summed E-state index contributed by atoms with van der Waals surface area (Å²) in [7, 11) is 1.39. The van der Waals surface area contributed by atoms with Gasteiger partial charge in [-0.1, -0.05) is 18.6 Å².